The van der Waals surface area contributed by atoms with Crippen LogP contribution in [0.5, 0.6) is 0 Å². The Labute approximate surface area is 176 Å². The molecule has 1 aliphatic heterocycles. The topological polar surface area (TPSA) is 88.7 Å². The van der Waals surface area contributed by atoms with Crippen LogP contribution in [0.15, 0.2) is 46.4 Å². The Kier molecular flexibility index (Phi) is 5.92. The van der Waals surface area contributed by atoms with Crippen molar-refractivity contribution in [3.05, 3.63) is 58.9 Å². The normalized spacial score (nSPS) is 14.4. The lowest BCUT2D eigenvalue weighted by Crippen LogP contribution is -2.23. The molecule has 2 amide bonds. The number of aliphatic imine (C=N–C) groups is 2. The number of nitrogens with zero attached hydrogens (tertiary/aromatic N) is 4. The van der Waals surface area contributed by atoms with Gasteiger partial charge in [-0.25, -0.2) is 9.67 Å². The van der Waals surface area contributed by atoms with Gasteiger partial charge in [0.1, 0.15) is 0 Å². The fourth-order valence-corrected chi connectivity index (χ4v) is 3.09. The Hall–Kier alpha value is -3.56. The van der Waals surface area contributed by atoms with Crippen LogP contribution in [-0.4, -0.2) is 33.3 Å². The lowest BCUT2D eigenvalue weighted by molar-refractivity contribution is -0.137. The molecule has 0 atom stereocenters. The number of amides is 2. The van der Waals surface area contributed by atoms with Crippen LogP contribution in [0.4, 0.5) is 18.9 Å². The Morgan fingerprint density at radius 1 is 1.13 bits per heavy atom. The first-order chi connectivity index (χ1) is 14.5. The highest BCUT2D eigenvalue weighted by Crippen LogP contribution is 2.29. The number of carbonyl (C=O) groups is 2. The van der Waals surface area contributed by atoms with Gasteiger partial charge in [-0.2, -0.15) is 23.3 Å². The SMILES string of the molecule is C=C1C(=O)N=C(n2nc(C)c(CCC(=O)Nc3ccc(C(F)(F)F)cc3)c2C)N=C1C. The third-order valence-corrected chi connectivity index (χ3v) is 4.89. The lowest BCUT2D eigenvalue weighted by Gasteiger charge is -2.11. The van der Waals surface area contributed by atoms with Gasteiger partial charge < -0.3 is 5.32 Å². The third-order valence-electron chi connectivity index (χ3n) is 4.89. The van der Waals surface area contributed by atoms with Gasteiger partial charge in [0.25, 0.3) is 11.9 Å². The van der Waals surface area contributed by atoms with Gasteiger partial charge in [-0.15, -0.1) is 0 Å². The van der Waals surface area contributed by atoms with Crippen molar-refractivity contribution in [3.63, 3.8) is 0 Å². The molecular formula is C21H20F3N5O2. The number of aryl methyl sites for hydroxylation is 1. The molecule has 3 rings (SSSR count). The number of hydrogen-bond donors (Lipinski definition) is 1. The molecule has 0 radical (unpaired) electrons. The van der Waals surface area contributed by atoms with Gasteiger partial charge in [0.05, 0.1) is 22.5 Å². The number of anilines is 1. The van der Waals surface area contributed by atoms with Crippen LogP contribution >= 0.6 is 0 Å². The van der Waals surface area contributed by atoms with E-state index in [1.54, 1.807) is 20.8 Å². The lowest BCUT2D eigenvalue weighted by atomic mass is 10.1. The Balaban J connectivity index is 1.69. The third kappa shape index (κ3) is 4.79. The molecule has 7 nitrogen and oxygen atoms in total. The number of rotatable bonds is 4. The maximum absolute atomic E-state index is 12.6. The van der Waals surface area contributed by atoms with Gasteiger partial charge in [0.2, 0.25) is 5.91 Å². The molecule has 0 fully saturated rings. The van der Waals surface area contributed by atoms with Crippen molar-refractivity contribution < 1.29 is 22.8 Å². The highest BCUT2D eigenvalue weighted by Gasteiger charge is 2.30. The maximum atomic E-state index is 12.6. The van der Waals surface area contributed by atoms with E-state index >= 15 is 0 Å². The molecule has 0 saturated carbocycles. The van der Waals surface area contributed by atoms with Crippen LogP contribution in [-0.2, 0) is 22.2 Å². The van der Waals surface area contributed by atoms with Crippen molar-refractivity contribution in [2.24, 2.45) is 9.98 Å². The van der Waals surface area contributed by atoms with Crippen LogP contribution in [0, 0.1) is 13.8 Å². The quantitative estimate of drug-likeness (QED) is 0.746. The van der Waals surface area contributed by atoms with Crippen LogP contribution in [0.3, 0.4) is 0 Å². The predicted octanol–water partition coefficient (Wildman–Crippen LogP) is 3.85. The number of aromatic nitrogens is 2. The second kappa shape index (κ2) is 8.29. The fraction of sp³-hybridized carbons (Fsp3) is 0.286. The van der Waals surface area contributed by atoms with Gasteiger partial charge >= 0.3 is 6.18 Å². The molecule has 162 valence electrons. The number of alkyl halides is 3. The van der Waals surface area contributed by atoms with E-state index in [1.165, 1.54) is 16.8 Å². The van der Waals surface area contributed by atoms with Gasteiger partial charge in [-0.05, 0) is 57.0 Å². The Bertz CT molecular complexity index is 1130. The first-order valence-corrected chi connectivity index (χ1v) is 9.37. The Morgan fingerprint density at radius 2 is 1.77 bits per heavy atom. The highest BCUT2D eigenvalue weighted by molar-refractivity contribution is 6.27. The van der Waals surface area contributed by atoms with Crippen molar-refractivity contribution in [2.45, 2.75) is 39.8 Å². The fourth-order valence-electron chi connectivity index (χ4n) is 3.09. The summed E-state index contributed by atoms with van der Waals surface area (Å²) >= 11 is 0. The standard InChI is InChI=1S/C21H20F3N5O2/c1-11-12(2)25-20(27-19(11)31)29-14(4)17(13(3)28-29)9-10-18(30)26-16-7-5-15(6-8-16)21(22,23)24/h5-8H,1,9-10H2,2-4H3,(H,26,30). The van der Waals surface area contributed by atoms with Crippen molar-refractivity contribution in [3.8, 4) is 0 Å². The van der Waals surface area contributed by atoms with E-state index in [0.29, 0.717) is 23.5 Å². The Morgan fingerprint density at radius 3 is 2.35 bits per heavy atom. The summed E-state index contributed by atoms with van der Waals surface area (Å²) in [5.74, 6) is -0.690. The number of halogens is 3. The zero-order valence-corrected chi connectivity index (χ0v) is 17.2. The molecule has 2 heterocycles. The van der Waals surface area contributed by atoms with Gasteiger partial charge in [0, 0.05) is 17.8 Å². The van der Waals surface area contributed by atoms with Crippen LogP contribution in [0.2, 0.25) is 0 Å². The molecule has 0 unspecified atom stereocenters. The summed E-state index contributed by atoms with van der Waals surface area (Å²) < 4.78 is 39.3. The molecule has 0 bridgehead atoms. The average molecular weight is 431 g/mol. The molecule has 1 N–H and O–H groups in total. The van der Waals surface area contributed by atoms with Gasteiger partial charge in [-0.1, -0.05) is 6.58 Å². The van der Waals surface area contributed by atoms with E-state index in [1.807, 2.05) is 0 Å². The van der Waals surface area contributed by atoms with E-state index in [-0.39, 0.29) is 29.5 Å². The summed E-state index contributed by atoms with van der Waals surface area (Å²) in [7, 11) is 0. The highest BCUT2D eigenvalue weighted by atomic mass is 19.4. The molecule has 0 aliphatic carbocycles. The first-order valence-electron chi connectivity index (χ1n) is 9.37. The van der Waals surface area contributed by atoms with Crippen LogP contribution in [0.25, 0.3) is 0 Å². The molecule has 0 saturated heterocycles. The summed E-state index contributed by atoms with van der Waals surface area (Å²) in [4.78, 5) is 32.4. The average Bonchev–Trinajstić information content (AvgIpc) is 2.97. The first kappa shape index (κ1) is 22.1. The van der Waals surface area contributed by atoms with E-state index in [9.17, 15) is 22.8 Å². The van der Waals surface area contributed by atoms with Crippen molar-refractivity contribution >= 4 is 29.2 Å². The zero-order valence-electron chi connectivity index (χ0n) is 17.2. The number of hydrogen-bond acceptors (Lipinski definition) is 4. The van der Waals surface area contributed by atoms with E-state index in [0.717, 1.165) is 17.7 Å². The molecular weight excluding hydrogens is 411 g/mol. The molecule has 0 spiro atoms. The molecule has 31 heavy (non-hydrogen) atoms. The molecule has 1 aromatic carbocycles. The number of benzene rings is 1. The van der Waals surface area contributed by atoms with Crippen molar-refractivity contribution in [1.29, 1.82) is 0 Å². The maximum Gasteiger partial charge on any atom is 0.416 e. The van der Waals surface area contributed by atoms with E-state index in [2.05, 4.69) is 27.0 Å². The van der Waals surface area contributed by atoms with Crippen LogP contribution < -0.4 is 5.32 Å². The summed E-state index contributed by atoms with van der Waals surface area (Å²) in [6.45, 7) is 8.85. The smallest absolute Gasteiger partial charge is 0.326 e. The van der Waals surface area contributed by atoms with E-state index < -0.39 is 17.6 Å². The zero-order chi connectivity index (χ0) is 22.9. The summed E-state index contributed by atoms with van der Waals surface area (Å²) in [6.07, 6.45) is -3.99. The minimum atomic E-state index is -4.43. The molecule has 1 aliphatic rings. The molecule has 2 aromatic rings. The minimum Gasteiger partial charge on any atom is -0.326 e. The van der Waals surface area contributed by atoms with Crippen LogP contribution in [0.1, 0.15) is 35.9 Å². The molecule has 10 heteroatoms. The predicted molar refractivity (Wildman–Crippen MR) is 110 cm³/mol. The second-order valence-corrected chi connectivity index (χ2v) is 7.08. The summed E-state index contributed by atoms with van der Waals surface area (Å²) in [5, 5.41) is 6.96. The summed E-state index contributed by atoms with van der Waals surface area (Å²) in [5.41, 5.74) is 2.33. The van der Waals surface area contributed by atoms with Gasteiger partial charge in [-0.3, -0.25) is 9.59 Å². The minimum absolute atomic E-state index is 0.0961. The van der Waals surface area contributed by atoms with Gasteiger partial charge in [0.15, 0.2) is 0 Å². The second-order valence-electron chi connectivity index (χ2n) is 7.08. The largest absolute Gasteiger partial charge is 0.416 e. The summed E-state index contributed by atoms with van der Waals surface area (Å²) in [6, 6.07) is 4.25. The monoisotopic (exact) mass is 431 g/mol. The van der Waals surface area contributed by atoms with Crippen molar-refractivity contribution in [2.75, 3.05) is 5.32 Å². The number of nitrogens with one attached hydrogen (secondary N) is 1. The molecule has 1 aromatic heterocycles. The number of carbonyl (C=O) groups excluding carboxylic acids is 2. The van der Waals surface area contributed by atoms with E-state index in [4.69, 9.17) is 0 Å². The van der Waals surface area contributed by atoms with Crippen molar-refractivity contribution in [1.82, 2.24) is 9.78 Å².